The maximum atomic E-state index is 12.0. The van der Waals surface area contributed by atoms with Crippen LogP contribution in [-0.4, -0.2) is 59.5 Å². The van der Waals surface area contributed by atoms with Crippen LogP contribution in [0.2, 0.25) is 0 Å². The number of hydrogen-bond donors (Lipinski definition) is 1. The highest BCUT2D eigenvalue weighted by atomic mass is 16.3. The summed E-state index contributed by atoms with van der Waals surface area (Å²) in [5.74, 6) is 0.290. The number of rotatable bonds is 4. The lowest BCUT2D eigenvalue weighted by molar-refractivity contribution is -0.133. The molecule has 0 aliphatic carbocycles. The average Bonchev–Trinajstić information content (AvgIpc) is 2.77. The van der Waals surface area contributed by atoms with E-state index in [0.717, 1.165) is 25.9 Å². The molecule has 5 nitrogen and oxygen atoms in total. The van der Waals surface area contributed by atoms with Gasteiger partial charge in [-0.1, -0.05) is 0 Å². The van der Waals surface area contributed by atoms with Crippen molar-refractivity contribution in [3.8, 4) is 0 Å². The van der Waals surface area contributed by atoms with Crippen molar-refractivity contribution in [3.63, 3.8) is 0 Å². The highest BCUT2D eigenvalue weighted by Crippen LogP contribution is 2.17. The van der Waals surface area contributed by atoms with Crippen LogP contribution in [0.5, 0.6) is 0 Å². The van der Waals surface area contributed by atoms with Crippen LogP contribution in [0.25, 0.3) is 0 Å². The number of carbonyl (C=O) groups excluding carboxylic acids is 2. The minimum atomic E-state index is 0.0578. The molecule has 2 fully saturated rings. The predicted molar refractivity (Wildman–Crippen MR) is 66.8 cm³/mol. The van der Waals surface area contributed by atoms with Gasteiger partial charge in [-0.05, 0) is 19.3 Å². The molecule has 0 bridgehead atoms. The molecule has 2 aliphatic rings. The molecule has 1 unspecified atom stereocenters. The Morgan fingerprint density at radius 1 is 1.28 bits per heavy atom. The van der Waals surface area contributed by atoms with E-state index in [4.69, 9.17) is 5.11 Å². The van der Waals surface area contributed by atoms with Crippen LogP contribution in [0.4, 0.5) is 0 Å². The lowest BCUT2D eigenvalue weighted by Crippen LogP contribution is -2.38. The molecule has 102 valence electrons. The zero-order valence-corrected chi connectivity index (χ0v) is 10.8. The van der Waals surface area contributed by atoms with Gasteiger partial charge in [-0.3, -0.25) is 9.59 Å². The molecule has 0 spiro atoms. The summed E-state index contributed by atoms with van der Waals surface area (Å²) < 4.78 is 0. The molecule has 1 N–H and O–H groups in total. The highest BCUT2D eigenvalue weighted by Gasteiger charge is 2.29. The van der Waals surface area contributed by atoms with E-state index in [-0.39, 0.29) is 24.3 Å². The smallest absolute Gasteiger partial charge is 0.224 e. The van der Waals surface area contributed by atoms with Crippen molar-refractivity contribution in [2.45, 2.75) is 32.1 Å². The van der Waals surface area contributed by atoms with Crippen LogP contribution < -0.4 is 0 Å². The van der Waals surface area contributed by atoms with Crippen LogP contribution in [0.3, 0.4) is 0 Å². The maximum absolute atomic E-state index is 12.0. The van der Waals surface area contributed by atoms with Gasteiger partial charge < -0.3 is 14.9 Å². The number of amides is 2. The first-order valence-corrected chi connectivity index (χ1v) is 6.87. The molecule has 2 heterocycles. The van der Waals surface area contributed by atoms with Crippen molar-refractivity contribution in [2.75, 3.05) is 32.8 Å². The number of aliphatic hydroxyl groups excluding tert-OH is 1. The second-order valence-corrected chi connectivity index (χ2v) is 5.28. The Hall–Kier alpha value is -1.10. The Morgan fingerprint density at radius 3 is 2.61 bits per heavy atom. The normalized spacial score (nSPS) is 24.7. The van der Waals surface area contributed by atoms with Crippen molar-refractivity contribution in [3.05, 3.63) is 0 Å². The van der Waals surface area contributed by atoms with Gasteiger partial charge in [0.05, 0.1) is 0 Å². The van der Waals surface area contributed by atoms with Gasteiger partial charge >= 0.3 is 0 Å². The molecular formula is C13H22N2O3. The van der Waals surface area contributed by atoms with Crippen molar-refractivity contribution in [1.82, 2.24) is 9.80 Å². The van der Waals surface area contributed by atoms with Crippen molar-refractivity contribution in [2.24, 2.45) is 5.92 Å². The van der Waals surface area contributed by atoms with E-state index in [2.05, 4.69) is 0 Å². The molecule has 0 aromatic rings. The van der Waals surface area contributed by atoms with Crippen LogP contribution >= 0.6 is 0 Å². The highest BCUT2D eigenvalue weighted by molar-refractivity contribution is 5.80. The largest absolute Gasteiger partial charge is 0.396 e. The van der Waals surface area contributed by atoms with Gasteiger partial charge in [-0.2, -0.15) is 0 Å². The van der Waals surface area contributed by atoms with Crippen LogP contribution in [-0.2, 0) is 9.59 Å². The van der Waals surface area contributed by atoms with E-state index >= 15 is 0 Å². The summed E-state index contributed by atoms with van der Waals surface area (Å²) in [5.41, 5.74) is 0. The first-order valence-electron chi connectivity index (χ1n) is 6.87. The number of piperidine rings is 1. The second-order valence-electron chi connectivity index (χ2n) is 5.28. The Balaban J connectivity index is 1.74. The van der Waals surface area contributed by atoms with Crippen LogP contribution in [0.15, 0.2) is 0 Å². The molecule has 2 saturated heterocycles. The fraction of sp³-hybridized carbons (Fsp3) is 0.846. The van der Waals surface area contributed by atoms with Gasteiger partial charge in [0, 0.05) is 51.5 Å². The van der Waals surface area contributed by atoms with Gasteiger partial charge in [0.25, 0.3) is 0 Å². The van der Waals surface area contributed by atoms with Gasteiger partial charge in [0.2, 0.25) is 11.8 Å². The first-order chi connectivity index (χ1) is 8.70. The molecule has 18 heavy (non-hydrogen) atoms. The van der Waals surface area contributed by atoms with Gasteiger partial charge in [0.1, 0.15) is 0 Å². The lowest BCUT2D eigenvalue weighted by atomic mass is 10.1. The summed E-state index contributed by atoms with van der Waals surface area (Å²) in [6, 6.07) is 0. The monoisotopic (exact) mass is 254 g/mol. The number of likely N-dealkylation sites (tertiary alicyclic amines) is 2. The minimum absolute atomic E-state index is 0.0578. The molecular weight excluding hydrogens is 232 g/mol. The van der Waals surface area contributed by atoms with Crippen LogP contribution in [0.1, 0.15) is 32.1 Å². The van der Waals surface area contributed by atoms with E-state index in [9.17, 15) is 9.59 Å². The SMILES string of the molecule is O=C(CCN1CC(CO)CC1=O)N1CCCCC1. The zero-order valence-electron chi connectivity index (χ0n) is 10.8. The summed E-state index contributed by atoms with van der Waals surface area (Å²) in [7, 11) is 0. The second kappa shape index (κ2) is 6.18. The fourth-order valence-electron chi connectivity index (χ4n) is 2.72. The number of hydrogen-bond acceptors (Lipinski definition) is 3. The standard InChI is InChI=1S/C13H22N2O3/c16-10-11-8-13(18)15(9-11)7-4-12(17)14-5-2-1-3-6-14/h11,16H,1-10H2. The summed E-state index contributed by atoms with van der Waals surface area (Å²) in [6.45, 7) is 2.90. The molecule has 0 aromatic heterocycles. The summed E-state index contributed by atoms with van der Waals surface area (Å²) in [4.78, 5) is 27.2. The third kappa shape index (κ3) is 3.22. The van der Waals surface area contributed by atoms with Gasteiger partial charge in [0.15, 0.2) is 0 Å². The number of nitrogens with zero attached hydrogens (tertiary/aromatic N) is 2. The van der Waals surface area contributed by atoms with Gasteiger partial charge in [-0.25, -0.2) is 0 Å². The molecule has 0 radical (unpaired) electrons. The topological polar surface area (TPSA) is 60.9 Å². The Morgan fingerprint density at radius 2 is 2.00 bits per heavy atom. The maximum Gasteiger partial charge on any atom is 0.224 e. The summed E-state index contributed by atoms with van der Waals surface area (Å²) in [6.07, 6.45) is 4.26. The van der Waals surface area contributed by atoms with Crippen LogP contribution in [0, 0.1) is 5.92 Å². The molecule has 2 rings (SSSR count). The molecule has 2 amide bonds. The Labute approximate surface area is 108 Å². The van der Waals surface area contributed by atoms with E-state index in [1.165, 1.54) is 6.42 Å². The number of carbonyl (C=O) groups is 2. The molecule has 0 aromatic carbocycles. The van der Waals surface area contributed by atoms with Gasteiger partial charge in [-0.15, -0.1) is 0 Å². The quantitative estimate of drug-likeness (QED) is 0.781. The minimum Gasteiger partial charge on any atom is -0.396 e. The Bertz CT molecular complexity index is 313. The molecule has 2 aliphatic heterocycles. The van der Waals surface area contributed by atoms with E-state index < -0.39 is 0 Å². The lowest BCUT2D eigenvalue weighted by Gasteiger charge is -2.27. The third-order valence-corrected chi connectivity index (χ3v) is 3.86. The van der Waals surface area contributed by atoms with E-state index in [0.29, 0.717) is 25.9 Å². The third-order valence-electron chi connectivity index (χ3n) is 3.86. The number of aliphatic hydroxyl groups is 1. The fourth-order valence-corrected chi connectivity index (χ4v) is 2.72. The summed E-state index contributed by atoms with van der Waals surface area (Å²) in [5, 5.41) is 9.03. The van der Waals surface area contributed by atoms with E-state index in [1.54, 1.807) is 4.90 Å². The molecule has 1 atom stereocenters. The molecule has 5 heteroatoms. The van der Waals surface area contributed by atoms with Crippen molar-refractivity contribution in [1.29, 1.82) is 0 Å². The van der Waals surface area contributed by atoms with E-state index in [1.807, 2.05) is 4.90 Å². The molecule has 0 saturated carbocycles. The van der Waals surface area contributed by atoms with Crippen molar-refractivity contribution < 1.29 is 14.7 Å². The van der Waals surface area contributed by atoms with Crippen molar-refractivity contribution >= 4 is 11.8 Å². The first kappa shape index (κ1) is 13.3. The summed E-state index contributed by atoms with van der Waals surface area (Å²) >= 11 is 0. The average molecular weight is 254 g/mol. The zero-order chi connectivity index (χ0) is 13.0. The predicted octanol–water partition coefficient (Wildman–Crippen LogP) is 0.230. The Kier molecular flexibility index (Phi) is 4.58.